The molecule has 5 rings (SSSR count). The largest absolute Gasteiger partial charge is 0.469 e. The highest BCUT2D eigenvalue weighted by Crippen LogP contribution is 2.52. The molecule has 0 heterocycles. The molecular weight excluding hydrogens is 512 g/mol. The first-order chi connectivity index (χ1) is 20.0. The van der Waals surface area contributed by atoms with E-state index >= 15 is 0 Å². The molecule has 3 aromatic carbocycles. The first-order valence-corrected chi connectivity index (χ1v) is 14.7. The third-order valence-corrected chi connectivity index (χ3v) is 8.79. The van der Waals surface area contributed by atoms with Crippen LogP contribution in [0, 0.1) is 17.8 Å². The van der Waals surface area contributed by atoms with Crippen molar-refractivity contribution in [2.24, 2.45) is 17.8 Å². The van der Waals surface area contributed by atoms with Crippen molar-refractivity contribution in [1.29, 1.82) is 0 Å². The number of methoxy groups -OCH3 is 1. The number of esters is 2. The molecule has 0 aromatic heterocycles. The van der Waals surface area contributed by atoms with E-state index in [4.69, 9.17) is 14.2 Å². The second-order valence-corrected chi connectivity index (χ2v) is 11.3. The van der Waals surface area contributed by atoms with E-state index in [-0.39, 0.29) is 24.0 Å². The van der Waals surface area contributed by atoms with E-state index in [0.29, 0.717) is 24.9 Å². The lowest BCUT2D eigenvalue weighted by atomic mass is 9.79. The average molecular weight is 553 g/mol. The summed E-state index contributed by atoms with van der Waals surface area (Å²) < 4.78 is 17.9. The van der Waals surface area contributed by atoms with E-state index in [1.54, 1.807) is 0 Å². The molecule has 3 aromatic rings. The number of fused-ring (bicyclic) bond motifs is 1. The summed E-state index contributed by atoms with van der Waals surface area (Å²) in [5, 5.41) is 0. The van der Waals surface area contributed by atoms with Gasteiger partial charge in [-0.1, -0.05) is 103 Å². The number of unbranched alkanes of at least 4 members (excludes halogenated alkanes) is 1. The molecule has 0 amide bonds. The van der Waals surface area contributed by atoms with Crippen molar-refractivity contribution in [1.82, 2.24) is 0 Å². The lowest BCUT2D eigenvalue weighted by molar-refractivity contribution is -0.150. The standard InChI is InChI=1S/C36H40O5/c1-26(37)41-34-24-28-22-27(14-12-13-21-35(38)39-2)23-32(28)33(34)25-40-36(29-15-6-3-7-16-29,30-17-8-4-9-18-30)31-19-10-5-11-20-31/h3-11,14-20,28,32-34H,12-13,21-25H2,1-2H3/t28-,32-,33-,34-/m1/s1. The molecule has 2 saturated carbocycles. The molecule has 4 atom stereocenters. The minimum absolute atomic E-state index is 0.0837. The van der Waals surface area contributed by atoms with Crippen LogP contribution in [-0.4, -0.2) is 31.8 Å². The van der Waals surface area contributed by atoms with Crippen LogP contribution in [0.25, 0.3) is 0 Å². The van der Waals surface area contributed by atoms with Gasteiger partial charge in [0.2, 0.25) is 0 Å². The molecule has 0 bridgehead atoms. The third kappa shape index (κ3) is 6.46. The van der Waals surface area contributed by atoms with Crippen LogP contribution in [-0.2, 0) is 29.4 Å². The lowest BCUT2D eigenvalue weighted by Gasteiger charge is -2.38. The predicted molar refractivity (Wildman–Crippen MR) is 159 cm³/mol. The zero-order valence-electron chi connectivity index (χ0n) is 24.0. The van der Waals surface area contributed by atoms with E-state index < -0.39 is 5.60 Å². The smallest absolute Gasteiger partial charge is 0.305 e. The first-order valence-electron chi connectivity index (χ1n) is 14.7. The fourth-order valence-electron chi connectivity index (χ4n) is 6.94. The normalized spacial score (nSPS) is 22.8. The summed E-state index contributed by atoms with van der Waals surface area (Å²) in [4.78, 5) is 23.6. The molecule has 2 aliphatic rings. The zero-order valence-corrected chi connectivity index (χ0v) is 24.0. The van der Waals surface area contributed by atoms with Gasteiger partial charge >= 0.3 is 11.9 Å². The Morgan fingerprint density at radius 3 is 1.93 bits per heavy atom. The molecule has 0 radical (unpaired) electrons. The van der Waals surface area contributed by atoms with Crippen molar-refractivity contribution in [2.75, 3.05) is 13.7 Å². The van der Waals surface area contributed by atoms with Crippen molar-refractivity contribution in [3.05, 3.63) is 119 Å². The highest BCUT2D eigenvalue weighted by Gasteiger charge is 2.50. The Hall–Kier alpha value is -3.70. The summed E-state index contributed by atoms with van der Waals surface area (Å²) in [6, 6.07) is 31.2. The topological polar surface area (TPSA) is 61.8 Å². The average Bonchev–Trinajstić information content (AvgIpc) is 3.54. The molecule has 0 spiro atoms. The van der Waals surface area contributed by atoms with Gasteiger partial charge in [0.05, 0.1) is 13.7 Å². The molecule has 5 heteroatoms. The fourth-order valence-corrected chi connectivity index (χ4v) is 6.94. The molecule has 0 saturated heterocycles. The van der Waals surface area contributed by atoms with Crippen LogP contribution >= 0.6 is 0 Å². The first kappa shape index (κ1) is 28.8. The summed E-state index contributed by atoms with van der Waals surface area (Å²) in [6.45, 7) is 1.97. The molecule has 214 valence electrons. The van der Waals surface area contributed by atoms with Crippen molar-refractivity contribution < 1.29 is 23.8 Å². The quantitative estimate of drug-likeness (QED) is 0.109. The minimum Gasteiger partial charge on any atom is -0.469 e. The van der Waals surface area contributed by atoms with Gasteiger partial charge in [-0.3, -0.25) is 9.59 Å². The number of allylic oxidation sites excluding steroid dienone is 2. The molecule has 0 unspecified atom stereocenters. The van der Waals surface area contributed by atoms with E-state index in [2.05, 4.69) is 78.9 Å². The van der Waals surface area contributed by atoms with Crippen molar-refractivity contribution in [3.8, 4) is 0 Å². The molecular formula is C36H40O5. The van der Waals surface area contributed by atoms with Gasteiger partial charge in [0.1, 0.15) is 11.7 Å². The summed E-state index contributed by atoms with van der Waals surface area (Å²) in [5.41, 5.74) is 3.82. The summed E-state index contributed by atoms with van der Waals surface area (Å²) in [5.74, 6) is 0.525. The summed E-state index contributed by atoms with van der Waals surface area (Å²) in [6.07, 6.45) is 7.10. The maximum atomic E-state index is 12.1. The second-order valence-electron chi connectivity index (χ2n) is 11.3. The molecule has 0 aliphatic heterocycles. The Morgan fingerprint density at radius 2 is 1.41 bits per heavy atom. The Balaban J connectivity index is 1.44. The van der Waals surface area contributed by atoms with Crippen molar-refractivity contribution in [2.45, 2.75) is 57.2 Å². The maximum absolute atomic E-state index is 12.1. The van der Waals surface area contributed by atoms with Crippen LogP contribution in [0.3, 0.4) is 0 Å². The van der Waals surface area contributed by atoms with Crippen LogP contribution in [0.2, 0.25) is 0 Å². The van der Waals surface area contributed by atoms with Crippen LogP contribution in [0.1, 0.15) is 62.1 Å². The zero-order chi connectivity index (χ0) is 28.7. The Labute approximate surface area is 243 Å². The number of hydrogen-bond donors (Lipinski definition) is 0. The van der Waals surface area contributed by atoms with Gasteiger partial charge in [0.15, 0.2) is 0 Å². The van der Waals surface area contributed by atoms with Gasteiger partial charge in [0.25, 0.3) is 0 Å². The number of benzene rings is 3. The summed E-state index contributed by atoms with van der Waals surface area (Å²) in [7, 11) is 1.43. The van der Waals surface area contributed by atoms with Gasteiger partial charge in [0, 0.05) is 19.3 Å². The van der Waals surface area contributed by atoms with Crippen LogP contribution in [0.5, 0.6) is 0 Å². The van der Waals surface area contributed by atoms with Gasteiger partial charge < -0.3 is 14.2 Å². The molecule has 2 aliphatic carbocycles. The Bertz CT molecular complexity index is 1220. The SMILES string of the molecule is COC(=O)CCCC=C1C[C@@H]2C[C@@H](OC(C)=O)[C@H](COC(c3ccccc3)(c3ccccc3)c3ccccc3)[C@@H]2C1. The van der Waals surface area contributed by atoms with Crippen molar-refractivity contribution >= 4 is 11.9 Å². The Kier molecular flexibility index (Phi) is 9.35. The van der Waals surface area contributed by atoms with Crippen LogP contribution in [0.4, 0.5) is 0 Å². The summed E-state index contributed by atoms with van der Waals surface area (Å²) >= 11 is 0. The van der Waals surface area contributed by atoms with E-state index in [1.165, 1.54) is 19.6 Å². The van der Waals surface area contributed by atoms with E-state index in [9.17, 15) is 9.59 Å². The minimum atomic E-state index is -0.812. The fraction of sp³-hybridized carbons (Fsp3) is 0.389. The Morgan fingerprint density at radius 1 is 0.854 bits per heavy atom. The predicted octanol–water partition coefficient (Wildman–Crippen LogP) is 7.24. The van der Waals surface area contributed by atoms with E-state index in [1.807, 2.05) is 18.2 Å². The van der Waals surface area contributed by atoms with Crippen LogP contribution in [0.15, 0.2) is 103 Å². The third-order valence-electron chi connectivity index (χ3n) is 8.79. The highest BCUT2D eigenvalue weighted by atomic mass is 16.5. The van der Waals surface area contributed by atoms with Gasteiger partial charge in [-0.25, -0.2) is 0 Å². The number of carbonyl (C=O) groups excluding carboxylic acids is 2. The highest BCUT2D eigenvalue weighted by molar-refractivity contribution is 5.69. The maximum Gasteiger partial charge on any atom is 0.305 e. The van der Waals surface area contributed by atoms with Crippen molar-refractivity contribution in [3.63, 3.8) is 0 Å². The second kappa shape index (κ2) is 13.3. The number of carbonyl (C=O) groups is 2. The molecule has 41 heavy (non-hydrogen) atoms. The van der Waals surface area contributed by atoms with E-state index in [0.717, 1.165) is 48.8 Å². The lowest BCUT2D eigenvalue weighted by Crippen LogP contribution is -2.37. The van der Waals surface area contributed by atoms with Gasteiger partial charge in [-0.15, -0.1) is 0 Å². The number of ether oxygens (including phenoxy) is 3. The van der Waals surface area contributed by atoms with Gasteiger partial charge in [-0.05, 0) is 60.6 Å². The molecule has 2 fully saturated rings. The molecule has 0 N–H and O–H groups in total. The monoisotopic (exact) mass is 552 g/mol. The van der Waals surface area contributed by atoms with Gasteiger partial charge in [-0.2, -0.15) is 0 Å². The molecule has 5 nitrogen and oxygen atoms in total. The number of hydrogen-bond acceptors (Lipinski definition) is 5. The number of rotatable bonds is 11. The van der Waals surface area contributed by atoms with Crippen LogP contribution < -0.4 is 0 Å².